The number of amides is 1. The lowest BCUT2D eigenvalue weighted by Crippen LogP contribution is -2.26. The van der Waals surface area contributed by atoms with Crippen LogP contribution in [0, 0.1) is 0 Å². The number of nitrogens with zero attached hydrogens (tertiary/aromatic N) is 3. The van der Waals surface area contributed by atoms with Gasteiger partial charge >= 0.3 is 0 Å². The molecule has 1 N–H and O–H groups in total. The van der Waals surface area contributed by atoms with Gasteiger partial charge in [-0.05, 0) is 43.3 Å². The van der Waals surface area contributed by atoms with Crippen LogP contribution in [-0.4, -0.2) is 28.1 Å². The normalized spacial score (nSPS) is 11.8. The first-order valence-corrected chi connectivity index (χ1v) is 7.36. The molecule has 122 valence electrons. The van der Waals surface area contributed by atoms with Gasteiger partial charge in [-0.15, -0.1) is 0 Å². The van der Waals surface area contributed by atoms with Crippen LogP contribution in [0.2, 0.25) is 0 Å². The minimum absolute atomic E-state index is 0.228. The fourth-order valence-corrected chi connectivity index (χ4v) is 2.11. The molecule has 0 aliphatic heterocycles. The highest BCUT2D eigenvalue weighted by atomic mass is 16.5. The van der Waals surface area contributed by atoms with Crippen molar-refractivity contribution < 1.29 is 14.1 Å². The van der Waals surface area contributed by atoms with E-state index >= 15 is 0 Å². The standard InChI is InChI=1S/C17H16N4O3/c1-11(19-16(22)13-7-9-18-10-8-13)17-20-15(21-24-17)12-3-5-14(23-2)6-4-12/h3-11H,1-2H3,(H,19,22)/t11-/m1/s1. The Balaban J connectivity index is 1.71. The van der Waals surface area contributed by atoms with Crippen LogP contribution >= 0.6 is 0 Å². The largest absolute Gasteiger partial charge is 0.497 e. The zero-order chi connectivity index (χ0) is 16.9. The number of methoxy groups -OCH3 is 1. The maximum Gasteiger partial charge on any atom is 0.252 e. The molecule has 0 aliphatic carbocycles. The van der Waals surface area contributed by atoms with Crippen LogP contribution in [-0.2, 0) is 0 Å². The number of ether oxygens (including phenoxy) is 1. The van der Waals surface area contributed by atoms with Gasteiger partial charge < -0.3 is 14.6 Å². The number of aromatic nitrogens is 3. The molecule has 0 saturated heterocycles. The number of carbonyl (C=O) groups excluding carboxylic acids is 1. The number of carbonyl (C=O) groups is 1. The van der Waals surface area contributed by atoms with Gasteiger partial charge in [0, 0.05) is 23.5 Å². The molecule has 0 bridgehead atoms. The van der Waals surface area contributed by atoms with Crippen molar-refractivity contribution in [1.82, 2.24) is 20.4 Å². The predicted molar refractivity (Wildman–Crippen MR) is 86.4 cm³/mol. The Labute approximate surface area is 138 Å². The molecule has 7 nitrogen and oxygen atoms in total. The van der Waals surface area contributed by atoms with E-state index in [1.165, 1.54) is 0 Å². The van der Waals surface area contributed by atoms with Gasteiger partial charge in [-0.1, -0.05) is 5.16 Å². The molecule has 24 heavy (non-hydrogen) atoms. The molecule has 3 aromatic rings. The molecular weight excluding hydrogens is 308 g/mol. The molecule has 0 saturated carbocycles. The summed E-state index contributed by atoms with van der Waals surface area (Å²) in [5.74, 6) is 1.32. The van der Waals surface area contributed by atoms with Gasteiger partial charge in [0.15, 0.2) is 0 Å². The molecule has 1 atom stereocenters. The summed E-state index contributed by atoms with van der Waals surface area (Å²) in [7, 11) is 1.61. The van der Waals surface area contributed by atoms with Crippen LogP contribution in [0.25, 0.3) is 11.4 Å². The third kappa shape index (κ3) is 3.40. The zero-order valence-corrected chi connectivity index (χ0v) is 13.3. The summed E-state index contributed by atoms with van der Waals surface area (Å²) in [4.78, 5) is 20.4. The van der Waals surface area contributed by atoms with Gasteiger partial charge in [-0.2, -0.15) is 4.98 Å². The van der Waals surface area contributed by atoms with E-state index in [9.17, 15) is 4.79 Å². The van der Waals surface area contributed by atoms with Crippen molar-refractivity contribution in [3.63, 3.8) is 0 Å². The van der Waals surface area contributed by atoms with Crippen molar-refractivity contribution in [2.75, 3.05) is 7.11 Å². The number of pyridine rings is 1. The SMILES string of the molecule is COc1ccc(-c2noc([C@@H](C)NC(=O)c3ccncc3)n2)cc1. The van der Waals surface area contributed by atoms with Gasteiger partial charge in [0.2, 0.25) is 11.7 Å². The summed E-state index contributed by atoms with van der Waals surface area (Å²) in [5, 5.41) is 6.77. The second-order valence-corrected chi connectivity index (χ2v) is 5.12. The van der Waals surface area contributed by atoms with E-state index < -0.39 is 6.04 Å². The number of rotatable bonds is 5. The second-order valence-electron chi connectivity index (χ2n) is 5.12. The van der Waals surface area contributed by atoms with Crippen LogP contribution in [0.3, 0.4) is 0 Å². The van der Waals surface area contributed by atoms with E-state index in [0.717, 1.165) is 11.3 Å². The van der Waals surface area contributed by atoms with Crippen molar-refractivity contribution in [2.24, 2.45) is 0 Å². The Bertz CT molecular complexity index is 815. The highest BCUT2D eigenvalue weighted by molar-refractivity contribution is 5.94. The van der Waals surface area contributed by atoms with Crippen molar-refractivity contribution in [3.05, 3.63) is 60.2 Å². The molecule has 0 aliphatic rings. The molecule has 1 aromatic carbocycles. The molecule has 3 rings (SSSR count). The average Bonchev–Trinajstić information content (AvgIpc) is 3.13. The number of nitrogens with one attached hydrogen (secondary N) is 1. The highest BCUT2D eigenvalue weighted by Gasteiger charge is 2.18. The number of benzene rings is 1. The van der Waals surface area contributed by atoms with Gasteiger partial charge in [0.05, 0.1) is 7.11 Å². The van der Waals surface area contributed by atoms with Crippen LogP contribution in [0.1, 0.15) is 29.2 Å². The van der Waals surface area contributed by atoms with E-state index in [1.807, 2.05) is 24.3 Å². The fourth-order valence-electron chi connectivity index (χ4n) is 2.11. The summed E-state index contributed by atoms with van der Waals surface area (Å²) < 4.78 is 10.4. The first-order valence-electron chi connectivity index (χ1n) is 7.36. The molecular formula is C17H16N4O3. The quantitative estimate of drug-likeness (QED) is 0.776. The number of hydrogen-bond acceptors (Lipinski definition) is 6. The maximum atomic E-state index is 12.1. The Morgan fingerprint density at radius 3 is 2.54 bits per heavy atom. The van der Waals surface area contributed by atoms with E-state index in [1.54, 1.807) is 38.6 Å². The first-order chi connectivity index (χ1) is 11.7. The summed E-state index contributed by atoms with van der Waals surface area (Å²) in [6.07, 6.45) is 3.13. The first kappa shape index (κ1) is 15.7. The van der Waals surface area contributed by atoms with Crippen molar-refractivity contribution >= 4 is 5.91 Å². The van der Waals surface area contributed by atoms with Crippen LogP contribution in [0.5, 0.6) is 5.75 Å². The van der Waals surface area contributed by atoms with Gasteiger partial charge in [0.1, 0.15) is 11.8 Å². The van der Waals surface area contributed by atoms with Gasteiger partial charge in [-0.3, -0.25) is 9.78 Å². The fraction of sp³-hybridized carbons (Fsp3) is 0.176. The van der Waals surface area contributed by atoms with Crippen LogP contribution < -0.4 is 10.1 Å². The van der Waals surface area contributed by atoms with Gasteiger partial charge in [-0.25, -0.2) is 0 Å². The smallest absolute Gasteiger partial charge is 0.252 e. The topological polar surface area (TPSA) is 90.1 Å². The minimum Gasteiger partial charge on any atom is -0.497 e. The van der Waals surface area contributed by atoms with Crippen LogP contribution in [0.15, 0.2) is 53.3 Å². The third-order valence-electron chi connectivity index (χ3n) is 3.45. The Hall–Kier alpha value is -3.22. The molecule has 0 spiro atoms. The lowest BCUT2D eigenvalue weighted by molar-refractivity contribution is 0.0932. The maximum absolute atomic E-state index is 12.1. The van der Waals surface area contributed by atoms with Crippen molar-refractivity contribution in [3.8, 4) is 17.1 Å². The summed E-state index contributed by atoms with van der Waals surface area (Å²) >= 11 is 0. The van der Waals surface area contributed by atoms with Crippen LogP contribution in [0.4, 0.5) is 0 Å². The Morgan fingerprint density at radius 2 is 1.88 bits per heavy atom. The van der Waals surface area contributed by atoms with Crippen molar-refractivity contribution in [1.29, 1.82) is 0 Å². The molecule has 7 heteroatoms. The van der Waals surface area contributed by atoms with E-state index in [-0.39, 0.29) is 5.91 Å². The minimum atomic E-state index is -0.412. The monoisotopic (exact) mass is 324 g/mol. The second kappa shape index (κ2) is 6.91. The summed E-state index contributed by atoms with van der Waals surface area (Å²) in [6.45, 7) is 1.78. The molecule has 2 heterocycles. The predicted octanol–water partition coefficient (Wildman–Crippen LogP) is 2.63. The molecule has 1 amide bonds. The molecule has 0 unspecified atom stereocenters. The van der Waals surface area contributed by atoms with E-state index in [4.69, 9.17) is 9.26 Å². The van der Waals surface area contributed by atoms with Crippen molar-refractivity contribution in [2.45, 2.75) is 13.0 Å². The number of hydrogen-bond donors (Lipinski definition) is 1. The highest BCUT2D eigenvalue weighted by Crippen LogP contribution is 2.21. The van der Waals surface area contributed by atoms with E-state index in [0.29, 0.717) is 17.3 Å². The van der Waals surface area contributed by atoms with E-state index in [2.05, 4.69) is 20.4 Å². The Kier molecular flexibility index (Phi) is 4.51. The third-order valence-corrected chi connectivity index (χ3v) is 3.45. The summed E-state index contributed by atoms with van der Waals surface area (Å²) in [6, 6.07) is 10.2. The average molecular weight is 324 g/mol. The Morgan fingerprint density at radius 1 is 1.17 bits per heavy atom. The molecule has 0 radical (unpaired) electrons. The zero-order valence-electron chi connectivity index (χ0n) is 13.3. The molecule has 0 fully saturated rings. The lowest BCUT2D eigenvalue weighted by Gasteiger charge is -2.09. The van der Waals surface area contributed by atoms with Gasteiger partial charge in [0.25, 0.3) is 5.91 Å². The lowest BCUT2D eigenvalue weighted by atomic mass is 10.2. The summed E-state index contributed by atoms with van der Waals surface area (Å²) in [5.41, 5.74) is 1.32. The molecule has 2 aromatic heterocycles.